The van der Waals surface area contributed by atoms with Crippen LogP contribution in [-0.4, -0.2) is 11.1 Å². The van der Waals surface area contributed by atoms with Gasteiger partial charge in [-0.1, -0.05) is 0 Å². The maximum atomic E-state index is 10.4. The highest BCUT2D eigenvalue weighted by Crippen LogP contribution is 2.11. The lowest BCUT2D eigenvalue weighted by Crippen LogP contribution is -1.97. The van der Waals surface area contributed by atoms with Gasteiger partial charge in [0.2, 0.25) is 0 Å². The number of rotatable bonds is 3. The van der Waals surface area contributed by atoms with Crippen LogP contribution in [-0.2, 0) is 0 Å². The SMILES string of the molecule is N#C/C(N)=C(\C#N)N=Cc1ccc([N+](=O)[O-])cc1. The number of hydrogen-bond donors (Lipinski definition) is 1. The largest absolute Gasteiger partial charge is 0.388 e. The molecule has 0 saturated carbocycles. The summed E-state index contributed by atoms with van der Waals surface area (Å²) in [6, 6.07) is 8.85. The van der Waals surface area contributed by atoms with E-state index in [1.807, 2.05) is 0 Å². The van der Waals surface area contributed by atoms with Gasteiger partial charge in [0.15, 0.2) is 5.70 Å². The third-order valence-electron chi connectivity index (χ3n) is 1.93. The summed E-state index contributed by atoms with van der Waals surface area (Å²) in [7, 11) is 0. The molecule has 88 valence electrons. The van der Waals surface area contributed by atoms with E-state index in [1.54, 1.807) is 12.1 Å². The second kappa shape index (κ2) is 5.77. The first-order valence-electron chi connectivity index (χ1n) is 4.67. The van der Waals surface area contributed by atoms with E-state index in [4.69, 9.17) is 16.3 Å². The predicted octanol–water partition coefficient (Wildman–Crippen LogP) is 1.23. The fourth-order valence-electron chi connectivity index (χ4n) is 1.03. The molecule has 0 bridgehead atoms. The molecule has 7 heteroatoms. The van der Waals surface area contributed by atoms with E-state index in [-0.39, 0.29) is 17.1 Å². The molecule has 0 radical (unpaired) electrons. The zero-order valence-electron chi connectivity index (χ0n) is 9.07. The number of allylic oxidation sites excluding steroid dienone is 2. The molecule has 18 heavy (non-hydrogen) atoms. The monoisotopic (exact) mass is 241 g/mol. The lowest BCUT2D eigenvalue weighted by molar-refractivity contribution is -0.384. The predicted molar refractivity (Wildman–Crippen MR) is 63.1 cm³/mol. The highest BCUT2D eigenvalue weighted by Gasteiger charge is 2.03. The van der Waals surface area contributed by atoms with Crippen LogP contribution in [0.4, 0.5) is 5.69 Å². The van der Waals surface area contributed by atoms with Gasteiger partial charge >= 0.3 is 0 Å². The summed E-state index contributed by atoms with van der Waals surface area (Å²) < 4.78 is 0. The number of nitro benzene ring substituents is 1. The van der Waals surface area contributed by atoms with Crippen LogP contribution < -0.4 is 5.73 Å². The molecule has 0 aliphatic heterocycles. The van der Waals surface area contributed by atoms with Gasteiger partial charge in [0, 0.05) is 18.3 Å². The van der Waals surface area contributed by atoms with Crippen molar-refractivity contribution in [2.24, 2.45) is 10.7 Å². The number of nitriles is 2. The lowest BCUT2D eigenvalue weighted by atomic mass is 10.2. The van der Waals surface area contributed by atoms with E-state index in [0.717, 1.165) is 0 Å². The van der Waals surface area contributed by atoms with Crippen molar-refractivity contribution >= 4 is 11.9 Å². The highest BCUT2D eigenvalue weighted by atomic mass is 16.6. The van der Waals surface area contributed by atoms with Crippen molar-refractivity contribution in [3.8, 4) is 12.1 Å². The third-order valence-corrected chi connectivity index (χ3v) is 1.93. The van der Waals surface area contributed by atoms with Gasteiger partial charge in [0.1, 0.15) is 17.8 Å². The first-order valence-corrected chi connectivity index (χ1v) is 4.67. The van der Waals surface area contributed by atoms with Gasteiger partial charge in [-0.3, -0.25) is 10.1 Å². The summed E-state index contributed by atoms with van der Waals surface area (Å²) in [5, 5.41) is 27.6. The maximum Gasteiger partial charge on any atom is 0.269 e. The zero-order valence-corrected chi connectivity index (χ0v) is 9.07. The molecule has 1 rings (SSSR count). The van der Waals surface area contributed by atoms with Crippen molar-refractivity contribution in [3.63, 3.8) is 0 Å². The van der Waals surface area contributed by atoms with Gasteiger partial charge in [0.25, 0.3) is 5.69 Å². The minimum Gasteiger partial charge on any atom is -0.388 e. The minimum absolute atomic E-state index is 0.0419. The Kier molecular flexibility index (Phi) is 4.13. The molecule has 0 aliphatic carbocycles. The first-order chi connectivity index (χ1) is 8.58. The van der Waals surface area contributed by atoms with Crippen LogP contribution in [0.5, 0.6) is 0 Å². The van der Waals surface area contributed by atoms with Gasteiger partial charge in [-0.15, -0.1) is 0 Å². The van der Waals surface area contributed by atoms with E-state index < -0.39 is 4.92 Å². The van der Waals surface area contributed by atoms with E-state index in [0.29, 0.717) is 5.56 Å². The van der Waals surface area contributed by atoms with Crippen LogP contribution in [0.25, 0.3) is 0 Å². The van der Waals surface area contributed by atoms with Crippen molar-refractivity contribution in [3.05, 3.63) is 51.3 Å². The molecule has 0 saturated heterocycles. The Morgan fingerprint density at radius 1 is 1.33 bits per heavy atom. The number of nitro groups is 1. The standard InChI is InChI=1S/C11H7N5O2/c12-5-10(14)11(6-13)15-7-8-1-3-9(4-2-8)16(17)18/h1-4,7H,14H2/b11-10-,15-7?. The second-order valence-electron chi connectivity index (χ2n) is 3.09. The minimum atomic E-state index is -0.519. The lowest BCUT2D eigenvalue weighted by Gasteiger charge is -1.93. The number of nitrogens with zero attached hydrogens (tertiary/aromatic N) is 4. The summed E-state index contributed by atoms with van der Waals surface area (Å²) in [4.78, 5) is 13.6. The summed E-state index contributed by atoms with van der Waals surface area (Å²) in [6.45, 7) is 0. The van der Waals surface area contributed by atoms with Crippen molar-refractivity contribution in [1.29, 1.82) is 10.5 Å². The Morgan fingerprint density at radius 2 is 1.94 bits per heavy atom. The van der Waals surface area contributed by atoms with Crippen LogP contribution in [0, 0.1) is 32.8 Å². The maximum absolute atomic E-state index is 10.4. The van der Waals surface area contributed by atoms with E-state index in [9.17, 15) is 10.1 Å². The second-order valence-corrected chi connectivity index (χ2v) is 3.09. The summed E-state index contributed by atoms with van der Waals surface area (Å²) in [5.74, 6) is 0. The number of nitrogens with two attached hydrogens (primary N) is 1. The molecular formula is C11H7N5O2. The number of hydrogen-bond acceptors (Lipinski definition) is 6. The molecular weight excluding hydrogens is 234 g/mol. The van der Waals surface area contributed by atoms with Crippen molar-refractivity contribution < 1.29 is 4.92 Å². The summed E-state index contributed by atoms with van der Waals surface area (Å²) in [5.41, 5.74) is 5.28. The Morgan fingerprint density at radius 3 is 2.39 bits per heavy atom. The zero-order chi connectivity index (χ0) is 13.5. The van der Waals surface area contributed by atoms with E-state index in [2.05, 4.69) is 4.99 Å². The van der Waals surface area contributed by atoms with Gasteiger partial charge in [-0.25, -0.2) is 4.99 Å². The number of non-ortho nitro benzene ring substituents is 1. The van der Waals surface area contributed by atoms with E-state index in [1.165, 1.54) is 30.5 Å². The normalized spacial score (nSPS) is 11.4. The number of benzene rings is 1. The van der Waals surface area contributed by atoms with Crippen LogP contribution >= 0.6 is 0 Å². The smallest absolute Gasteiger partial charge is 0.269 e. The van der Waals surface area contributed by atoms with Crippen LogP contribution in [0.2, 0.25) is 0 Å². The molecule has 1 aromatic carbocycles. The van der Waals surface area contributed by atoms with Crippen LogP contribution in [0.3, 0.4) is 0 Å². The molecule has 0 aromatic heterocycles. The van der Waals surface area contributed by atoms with Gasteiger partial charge in [-0.05, 0) is 17.7 Å². The topological polar surface area (TPSA) is 129 Å². The Bertz CT molecular complexity index is 602. The average molecular weight is 241 g/mol. The molecule has 0 heterocycles. The van der Waals surface area contributed by atoms with Crippen molar-refractivity contribution in [1.82, 2.24) is 0 Å². The Hall–Kier alpha value is -3.19. The quantitative estimate of drug-likeness (QED) is 0.368. The van der Waals surface area contributed by atoms with Gasteiger partial charge in [0.05, 0.1) is 4.92 Å². The van der Waals surface area contributed by atoms with E-state index >= 15 is 0 Å². The van der Waals surface area contributed by atoms with Crippen molar-refractivity contribution in [2.75, 3.05) is 0 Å². The molecule has 1 aromatic rings. The molecule has 0 amide bonds. The van der Waals surface area contributed by atoms with Crippen LogP contribution in [0.1, 0.15) is 5.56 Å². The molecule has 7 nitrogen and oxygen atoms in total. The molecule has 0 spiro atoms. The molecule has 0 fully saturated rings. The molecule has 0 aliphatic rings. The summed E-state index contributed by atoms with van der Waals surface area (Å²) in [6.07, 6.45) is 1.30. The Balaban J connectivity index is 2.96. The Labute approximate surface area is 102 Å². The average Bonchev–Trinajstić information content (AvgIpc) is 2.39. The fraction of sp³-hybridized carbons (Fsp3) is 0. The summed E-state index contributed by atoms with van der Waals surface area (Å²) >= 11 is 0. The fourth-order valence-corrected chi connectivity index (χ4v) is 1.03. The van der Waals surface area contributed by atoms with Crippen LogP contribution in [0.15, 0.2) is 40.7 Å². The first kappa shape index (κ1) is 12.9. The molecule has 0 unspecified atom stereocenters. The van der Waals surface area contributed by atoms with Gasteiger partial charge < -0.3 is 5.73 Å². The highest BCUT2D eigenvalue weighted by molar-refractivity contribution is 5.81. The number of aliphatic imine (C=N–C) groups is 1. The molecule has 2 N–H and O–H groups in total. The third kappa shape index (κ3) is 3.15. The van der Waals surface area contributed by atoms with Gasteiger partial charge in [-0.2, -0.15) is 10.5 Å². The molecule has 0 atom stereocenters. The van der Waals surface area contributed by atoms with Crippen molar-refractivity contribution in [2.45, 2.75) is 0 Å².